The van der Waals surface area contributed by atoms with Crippen LogP contribution in [0.25, 0.3) is 21.3 Å². The van der Waals surface area contributed by atoms with Gasteiger partial charge in [-0.1, -0.05) is 11.6 Å². The van der Waals surface area contributed by atoms with Crippen LogP contribution in [0.1, 0.15) is 42.5 Å². The second-order valence-electron chi connectivity index (χ2n) is 9.49. The van der Waals surface area contributed by atoms with Gasteiger partial charge in [0.2, 0.25) is 11.6 Å². The molecule has 2 N–H and O–H groups in total. The van der Waals surface area contributed by atoms with Crippen LogP contribution >= 0.6 is 0 Å². The van der Waals surface area contributed by atoms with Crippen molar-refractivity contribution in [2.75, 3.05) is 31.6 Å². The predicted octanol–water partition coefficient (Wildman–Crippen LogP) is 6.19. The summed E-state index contributed by atoms with van der Waals surface area (Å²) < 4.78 is 67.9. The molecule has 5 rings (SSSR count). The Bertz CT molecular complexity index is 1380. The van der Waals surface area contributed by atoms with Crippen LogP contribution in [-0.2, 0) is 6.42 Å². The van der Waals surface area contributed by atoms with Gasteiger partial charge in [-0.15, -0.1) is 0 Å². The molecule has 11 heteroatoms. The molecule has 1 aliphatic heterocycles. The van der Waals surface area contributed by atoms with E-state index in [1.165, 1.54) is 6.20 Å². The molecule has 0 radical (unpaired) electrons. The SMILES string of the molecule is [C-]#[N+]c1cc(NC2CN(CCCF)C2)cnc1C1=C(CC(F)(F)F)CCCc2c1ccc1n[nH]c(F)c21. The number of aromatic nitrogens is 3. The number of rotatable bonds is 7. The fourth-order valence-electron chi connectivity index (χ4n) is 5.31. The van der Waals surface area contributed by atoms with Crippen LogP contribution in [0.15, 0.2) is 30.0 Å². The molecule has 1 saturated heterocycles. The maximum atomic E-state index is 14.6. The molecule has 1 aliphatic carbocycles. The highest BCUT2D eigenvalue weighted by Gasteiger charge is 2.34. The second-order valence-corrected chi connectivity index (χ2v) is 9.49. The van der Waals surface area contributed by atoms with E-state index in [0.717, 1.165) is 13.1 Å². The van der Waals surface area contributed by atoms with Crippen molar-refractivity contribution < 1.29 is 22.0 Å². The zero-order chi connectivity index (χ0) is 26.2. The first-order valence-corrected chi connectivity index (χ1v) is 12.1. The van der Waals surface area contributed by atoms with Crippen molar-refractivity contribution >= 4 is 27.9 Å². The molecule has 1 aromatic carbocycles. The smallest absolute Gasteiger partial charge is 0.380 e. The molecular formula is C26H25F5N6. The van der Waals surface area contributed by atoms with Gasteiger partial charge in [0.25, 0.3) is 0 Å². The molecule has 0 spiro atoms. The number of anilines is 1. The van der Waals surface area contributed by atoms with Crippen molar-refractivity contribution in [2.45, 2.75) is 44.3 Å². The number of nitrogens with one attached hydrogen (secondary N) is 2. The van der Waals surface area contributed by atoms with Crippen molar-refractivity contribution in [3.63, 3.8) is 0 Å². The van der Waals surface area contributed by atoms with Crippen molar-refractivity contribution in [1.29, 1.82) is 0 Å². The van der Waals surface area contributed by atoms with Crippen LogP contribution in [0, 0.1) is 12.5 Å². The summed E-state index contributed by atoms with van der Waals surface area (Å²) in [5.74, 6) is -0.635. The number of hydrogen-bond donors (Lipinski definition) is 2. The Morgan fingerprint density at radius 3 is 2.76 bits per heavy atom. The first-order chi connectivity index (χ1) is 17.8. The van der Waals surface area contributed by atoms with Crippen LogP contribution in [0.2, 0.25) is 0 Å². The summed E-state index contributed by atoms with van der Waals surface area (Å²) in [5.41, 5.74) is 2.66. The van der Waals surface area contributed by atoms with E-state index in [2.05, 4.69) is 30.2 Å². The van der Waals surface area contributed by atoms with Crippen LogP contribution in [0.3, 0.4) is 0 Å². The van der Waals surface area contributed by atoms with Gasteiger partial charge in [0.1, 0.15) is 0 Å². The third-order valence-corrected chi connectivity index (χ3v) is 6.89. The zero-order valence-corrected chi connectivity index (χ0v) is 19.9. The standard InChI is InChI=1S/C26H25F5N6/c1-32-21-10-16(34-17-13-37(14-17)9-3-8-27)12-33-24(21)22-15(11-26(29,30)31)4-2-5-18-19(22)6-7-20-23(18)25(28)36-35-20/h6-7,10,12,17,34H,2-5,8-9,11,13-14H2,(H,35,36). The largest absolute Gasteiger partial charge is 0.392 e. The summed E-state index contributed by atoms with van der Waals surface area (Å²) in [4.78, 5) is 10.2. The van der Waals surface area contributed by atoms with Crippen LogP contribution in [-0.4, -0.2) is 58.6 Å². The third kappa shape index (κ3) is 5.16. The lowest BCUT2D eigenvalue weighted by molar-refractivity contribution is -0.127. The minimum absolute atomic E-state index is 0.113. The van der Waals surface area contributed by atoms with Gasteiger partial charge in [-0.3, -0.25) is 19.4 Å². The van der Waals surface area contributed by atoms with E-state index in [1.54, 1.807) is 18.2 Å². The van der Waals surface area contributed by atoms with E-state index in [4.69, 9.17) is 6.57 Å². The average Bonchev–Trinajstić information content (AvgIpc) is 3.12. The second kappa shape index (κ2) is 10.1. The molecule has 3 heterocycles. The molecule has 6 nitrogen and oxygen atoms in total. The number of benzene rings is 1. The number of pyridine rings is 1. The zero-order valence-electron chi connectivity index (χ0n) is 19.9. The first-order valence-electron chi connectivity index (χ1n) is 12.1. The number of nitrogens with zero attached hydrogens (tertiary/aromatic N) is 4. The predicted molar refractivity (Wildman–Crippen MR) is 131 cm³/mol. The summed E-state index contributed by atoms with van der Waals surface area (Å²) in [6.45, 7) is 9.55. The van der Waals surface area contributed by atoms with Gasteiger partial charge in [-0.2, -0.15) is 22.7 Å². The third-order valence-electron chi connectivity index (χ3n) is 6.89. The van der Waals surface area contributed by atoms with Crippen molar-refractivity contribution in [2.24, 2.45) is 0 Å². The molecule has 0 atom stereocenters. The molecule has 1 fully saturated rings. The number of aryl methyl sites for hydroxylation is 1. The number of H-pyrrole nitrogens is 1. The Morgan fingerprint density at radius 1 is 1.22 bits per heavy atom. The summed E-state index contributed by atoms with van der Waals surface area (Å²) in [6, 6.07) is 4.93. The van der Waals surface area contributed by atoms with Crippen molar-refractivity contribution in [1.82, 2.24) is 20.1 Å². The molecule has 0 saturated carbocycles. The highest BCUT2D eigenvalue weighted by atomic mass is 19.4. The Hall–Kier alpha value is -3.52. The quantitative estimate of drug-likeness (QED) is 0.290. The summed E-state index contributed by atoms with van der Waals surface area (Å²) in [7, 11) is 0. The monoisotopic (exact) mass is 516 g/mol. The minimum atomic E-state index is -4.45. The maximum Gasteiger partial charge on any atom is 0.392 e. The normalized spacial score (nSPS) is 16.9. The molecule has 3 aromatic rings. The number of hydrogen-bond acceptors (Lipinski definition) is 4. The molecule has 0 amide bonds. The summed E-state index contributed by atoms with van der Waals surface area (Å²) in [5, 5.41) is 9.83. The Kier molecular flexibility index (Phi) is 6.86. The lowest BCUT2D eigenvalue weighted by Crippen LogP contribution is -2.54. The van der Waals surface area contributed by atoms with E-state index < -0.39 is 18.5 Å². The topological polar surface area (TPSA) is 61.2 Å². The molecule has 194 valence electrons. The Labute approximate surface area is 210 Å². The van der Waals surface area contributed by atoms with E-state index in [-0.39, 0.29) is 47.1 Å². The number of aromatic amines is 1. The van der Waals surface area contributed by atoms with Gasteiger partial charge in [-0.25, -0.2) is 4.85 Å². The Morgan fingerprint density at radius 2 is 2.03 bits per heavy atom. The Balaban J connectivity index is 1.55. The van der Waals surface area contributed by atoms with E-state index in [0.29, 0.717) is 48.1 Å². The number of likely N-dealkylation sites (tertiary alicyclic amines) is 1. The lowest BCUT2D eigenvalue weighted by atomic mass is 9.90. The van der Waals surface area contributed by atoms with Gasteiger partial charge in [0.05, 0.1) is 42.3 Å². The van der Waals surface area contributed by atoms with E-state index >= 15 is 0 Å². The number of allylic oxidation sites excluding steroid dienone is 1. The molecule has 0 unspecified atom stereocenters. The molecular weight excluding hydrogens is 491 g/mol. The van der Waals surface area contributed by atoms with E-state index in [9.17, 15) is 22.0 Å². The van der Waals surface area contributed by atoms with Gasteiger partial charge in [0, 0.05) is 31.5 Å². The number of fused-ring (bicyclic) bond motifs is 3. The fourth-order valence-corrected chi connectivity index (χ4v) is 5.31. The van der Waals surface area contributed by atoms with Gasteiger partial charge in [0.15, 0.2) is 0 Å². The first kappa shape index (κ1) is 25.1. The highest BCUT2D eigenvalue weighted by Crippen LogP contribution is 2.44. The highest BCUT2D eigenvalue weighted by molar-refractivity contribution is 5.95. The molecule has 37 heavy (non-hydrogen) atoms. The van der Waals surface area contributed by atoms with Gasteiger partial charge >= 0.3 is 6.18 Å². The maximum absolute atomic E-state index is 14.6. The number of halogens is 5. The summed E-state index contributed by atoms with van der Waals surface area (Å²) in [6.07, 6.45) is -2.65. The van der Waals surface area contributed by atoms with Crippen molar-refractivity contribution in [3.8, 4) is 0 Å². The van der Waals surface area contributed by atoms with Crippen LogP contribution in [0.5, 0.6) is 0 Å². The van der Waals surface area contributed by atoms with Gasteiger partial charge in [-0.05, 0) is 54.5 Å². The fraction of sp³-hybridized carbons (Fsp3) is 0.423. The van der Waals surface area contributed by atoms with Crippen LogP contribution < -0.4 is 5.32 Å². The van der Waals surface area contributed by atoms with Gasteiger partial charge < -0.3 is 5.32 Å². The van der Waals surface area contributed by atoms with Crippen molar-refractivity contribution in [3.05, 3.63) is 64.2 Å². The average molecular weight is 517 g/mol. The lowest BCUT2D eigenvalue weighted by Gasteiger charge is -2.40. The molecule has 2 aliphatic rings. The molecule has 0 bridgehead atoms. The molecule has 2 aromatic heterocycles. The summed E-state index contributed by atoms with van der Waals surface area (Å²) >= 11 is 0. The minimum Gasteiger partial charge on any atom is -0.380 e. The van der Waals surface area contributed by atoms with E-state index in [1.807, 2.05) is 0 Å². The van der Waals surface area contributed by atoms with Crippen LogP contribution in [0.4, 0.5) is 33.3 Å². The number of alkyl halides is 4.